The minimum atomic E-state index is -1.78. The van der Waals surface area contributed by atoms with E-state index < -0.39 is 86.8 Å². The Morgan fingerprint density at radius 2 is 0.767 bits per heavy atom. The number of hydrogen-bond acceptors (Lipinski definition) is 13. The van der Waals surface area contributed by atoms with E-state index in [0.29, 0.717) is 12.8 Å². The van der Waals surface area contributed by atoms with Gasteiger partial charge in [0, 0.05) is 6.42 Å². The van der Waals surface area contributed by atoms with Gasteiger partial charge in [0.2, 0.25) is 5.91 Å². The van der Waals surface area contributed by atoms with E-state index in [9.17, 15) is 45.6 Å². The van der Waals surface area contributed by atoms with Crippen LogP contribution in [0.3, 0.4) is 0 Å². The molecule has 0 aromatic heterocycles. The van der Waals surface area contributed by atoms with Crippen LogP contribution in [0.1, 0.15) is 335 Å². The second-order valence-electron chi connectivity index (χ2n) is 26.1. The fourth-order valence-electron chi connectivity index (χ4n) is 12.3. The minimum Gasteiger partial charge on any atom is -0.394 e. The molecule has 0 aromatic rings. The monoisotopic (exact) mass is 1220 g/mol. The number of hydrogen-bond donors (Lipinski definition) is 9. The first-order valence-corrected chi connectivity index (χ1v) is 36.6. The van der Waals surface area contributed by atoms with Crippen LogP contribution in [0.5, 0.6) is 0 Å². The number of unbranched alkanes of at least 4 members (excludes halogenated alkanes) is 44. The SMILES string of the molecule is CCCCC/C=C\C/C=C\CCCCCCCCCCCC(=O)NC(COC1OC(CO)C(OC2OC(CO)C(O)C(O)C2O)C(O)C1O)C(O)CCCCCCCCCCCCCCCCCCCCCCCCCCCCCCCCCCC. The molecule has 2 saturated heterocycles. The fourth-order valence-corrected chi connectivity index (χ4v) is 12.3. The molecular weight excluding hydrogens is 1090 g/mol. The maximum absolute atomic E-state index is 13.3. The molecule has 9 N–H and O–H groups in total. The molecule has 2 fully saturated rings. The van der Waals surface area contributed by atoms with Gasteiger partial charge >= 0.3 is 0 Å². The van der Waals surface area contributed by atoms with E-state index in [1.165, 1.54) is 244 Å². The molecule has 0 aliphatic carbocycles. The van der Waals surface area contributed by atoms with Crippen LogP contribution < -0.4 is 5.32 Å². The molecule has 1 amide bonds. The van der Waals surface area contributed by atoms with E-state index in [-0.39, 0.29) is 12.5 Å². The predicted molar refractivity (Wildman–Crippen MR) is 351 cm³/mol. The Morgan fingerprint density at radius 3 is 1.19 bits per heavy atom. The molecule has 12 unspecified atom stereocenters. The minimum absolute atomic E-state index is 0.206. The van der Waals surface area contributed by atoms with E-state index in [0.717, 1.165) is 64.2 Å². The Balaban J connectivity index is 1.62. The van der Waals surface area contributed by atoms with Crippen molar-refractivity contribution in [2.75, 3.05) is 19.8 Å². The van der Waals surface area contributed by atoms with Gasteiger partial charge in [-0.25, -0.2) is 0 Å². The van der Waals surface area contributed by atoms with Crippen molar-refractivity contribution in [1.82, 2.24) is 5.32 Å². The lowest BCUT2D eigenvalue weighted by molar-refractivity contribution is -0.359. The van der Waals surface area contributed by atoms with Gasteiger partial charge in [0.05, 0.1) is 32.0 Å². The lowest BCUT2D eigenvalue weighted by Crippen LogP contribution is -2.65. The summed E-state index contributed by atoms with van der Waals surface area (Å²) >= 11 is 0. The number of carbonyl (C=O) groups excluding carboxylic acids is 1. The Morgan fingerprint density at radius 1 is 0.419 bits per heavy atom. The van der Waals surface area contributed by atoms with Crippen molar-refractivity contribution < 1.29 is 64.6 Å². The first-order chi connectivity index (χ1) is 42.1. The molecular formula is C72H137NO13. The molecule has 2 heterocycles. The van der Waals surface area contributed by atoms with Crippen LogP contribution in [0.4, 0.5) is 0 Å². The average molecular weight is 1220 g/mol. The van der Waals surface area contributed by atoms with E-state index in [2.05, 4.69) is 43.5 Å². The van der Waals surface area contributed by atoms with Gasteiger partial charge in [-0.15, -0.1) is 0 Å². The van der Waals surface area contributed by atoms with Crippen molar-refractivity contribution in [3.63, 3.8) is 0 Å². The number of nitrogens with one attached hydrogen (secondary N) is 1. The van der Waals surface area contributed by atoms with Crippen molar-refractivity contribution in [2.45, 2.75) is 408 Å². The van der Waals surface area contributed by atoms with Gasteiger partial charge in [-0.2, -0.15) is 0 Å². The van der Waals surface area contributed by atoms with Gasteiger partial charge in [-0.1, -0.05) is 308 Å². The van der Waals surface area contributed by atoms with Gasteiger partial charge < -0.3 is 65.1 Å². The summed E-state index contributed by atoms with van der Waals surface area (Å²) in [4.78, 5) is 13.3. The second-order valence-corrected chi connectivity index (χ2v) is 26.1. The molecule has 86 heavy (non-hydrogen) atoms. The lowest BCUT2D eigenvalue weighted by atomic mass is 9.97. The molecule has 508 valence electrons. The van der Waals surface area contributed by atoms with E-state index in [1.54, 1.807) is 0 Å². The molecule has 12 atom stereocenters. The van der Waals surface area contributed by atoms with E-state index in [4.69, 9.17) is 18.9 Å². The number of amides is 1. The molecule has 0 bridgehead atoms. The number of rotatable bonds is 61. The molecule has 2 aliphatic heterocycles. The van der Waals surface area contributed by atoms with Crippen molar-refractivity contribution in [3.05, 3.63) is 24.3 Å². The van der Waals surface area contributed by atoms with Gasteiger partial charge in [-0.3, -0.25) is 4.79 Å². The standard InChI is InChI=1S/C72H137NO13/c1-3-5-7-9-11-13-15-17-19-21-23-24-25-26-27-28-29-30-31-32-33-34-35-36-38-39-41-43-45-47-49-51-53-55-61(76)60(73-64(77)56-54-52-50-48-46-44-42-40-37-22-20-18-16-14-12-10-8-6-4-2)59-83-71-69(82)67(80)70(63(58-75)85-71)86-72-68(81)66(79)65(78)62(57-74)84-72/h12,14,18,20,60-63,65-72,74-76,78-82H,3-11,13,15-17,19,21-59H2,1-2H3,(H,73,77)/b14-12-,20-18-. The van der Waals surface area contributed by atoms with Crippen LogP contribution >= 0.6 is 0 Å². The Labute approximate surface area is 526 Å². The molecule has 0 saturated carbocycles. The highest BCUT2D eigenvalue weighted by atomic mass is 16.7. The maximum atomic E-state index is 13.3. The summed E-state index contributed by atoms with van der Waals surface area (Å²) in [5, 5.41) is 87.6. The van der Waals surface area contributed by atoms with Crippen LogP contribution in [-0.2, 0) is 23.7 Å². The number of carbonyl (C=O) groups is 1. The summed E-state index contributed by atoms with van der Waals surface area (Å²) in [6, 6.07) is -0.831. The molecule has 0 radical (unpaired) electrons. The quantitative estimate of drug-likeness (QED) is 0.0204. The first kappa shape index (κ1) is 80.6. The van der Waals surface area contributed by atoms with E-state index in [1.807, 2.05) is 0 Å². The van der Waals surface area contributed by atoms with Gasteiger partial charge in [0.15, 0.2) is 12.6 Å². The molecule has 14 nitrogen and oxygen atoms in total. The third kappa shape index (κ3) is 41.1. The van der Waals surface area contributed by atoms with Crippen molar-refractivity contribution >= 4 is 5.91 Å². The lowest BCUT2D eigenvalue weighted by Gasteiger charge is -2.46. The maximum Gasteiger partial charge on any atom is 0.220 e. The van der Waals surface area contributed by atoms with Crippen LogP contribution in [0, 0.1) is 0 Å². The molecule has 2 rings (SSSR count). The smallest absolute Gasteiger partial charge is 0.220 e. The van der Waals surface area contributed by atoms with Crippen molar-refractivity contribution in [2.24, 2.45) is 0 Å². The topological polar surface area (TPSA) is 228 Å². The van der Waals surface area contributed by atoms with Gasteiger partial charge in [0.25, 0.3) is 0 Å². The number of allylic oxidation sites excluding steroid dienone is 4. The third-order valence-corrected chi connectivity index (χ3v) is 18.2. The zero-order valence-corrected chi connectivity index (χ0v) is 55.3. The fraction of sp³-hybridized carbons (Fsp3) is 0.931. The average Bonchev–Trinajstić information content (AvgIpc) is 2.46. The van der Waals surface area contributed by atoms with Crippen molar-refractivity contribution in [3.8, 4) is 0 Å². The van der Waals surface area contributed by atoms with E-state index >= 15 is 0 Å². The second kappa shape index (κ2) is 57.4. The highest BCUT2D eigenvalue weighted by molar-refractivity contribution is 5.76. The highest BCUT2D eigenvalue weighted by Crippen LogP contribution is 2.30. The van der Waals surface area contributed by atoms with Crippen LogP contribution in [0.15, 0.2) is 24.3 Å². The summed E-state index contributed by atoms with van der Waals surface area (Å²) in [5.74, 6) is -0.206. The molecule has 14 heteroatoms. The Kier molecular flexibility index (Phi) is 53.7. The molecule has 0 aromatic carbocycles. The first-order valence-electron chi connectivity index (χ1n) is 36.6. The Hall–Kier alpha value is -1.53. The Bertz CT molecular complexity index is 1540. The summed E-state index contributed by atoms with van der Waals surface area (Å²) in [5.41, 5.74) is 0. The third-order valence-electron chi connectivity index (χ3n) is 18.2. The normalized spacial score (nSPS) is 23.5. The van der Waals surface area contributed by atoms with Crippen LogP contribution in [0.2, 0.25) is 0 Å². The summed E-state index contributed by atoms with van der Waals surface area (Å²) < 4.78 is 22.9. The largest absolute Gasteiger partial charge is 0.394 e. The van der Waals surface area contributed by atoms with Crippen LogP contribution in [0.25, 0.3) is 0 Å². The van der Waals surface area contributed by atoms with Crippen molar-refractivity contribution in [1.29, 1.82) is 0 Å². The zero-order chi connectivity index (χ0) is 62.3. The number of ether oxygens (including phenoxy) is 4. The summed E-state index contributed by atoms with van der Waals surface area (Å²) in [6.07, 6.45) is 54.9. The predicted octanol–water partition coefficient (Wildman–Crippen LogP) is 15.1. The molecule has 2 aliphatic rings. The highest BCUT2D eigenvalue weighted by Gasteiger charge is 2.51. The number of aliphatic hydroxyl groups excluding tert-OH is 8. The number of aliphatic hydroxyl groups is 8. The summed E-state index contributed by atoms with van der Waals surface area (Å²) in [6.45, 7) is 2.88. The van der Waals surface area contributed by atoms with Gasteiger partial charge in [0.1, 0.15) is 48.8 Å². The van der Waals surface area contributed by atoms with Gasteiger partial charge in [-0.05, 0) is 44.9 Å². The zero-order valence-electron chi connectivity index (χ0n) is 55.3. The summed E-state index contributed by atoms with van der Waals surface area (Å²) in [7, 11) is 0. The van der Waals surface area contributed by atoms with Crippen LogP contribution in [-0.4, -0.2) is 140 Å². The molecule has 0 spiro atoms.